The Morgan fingerprint density at radius 1 is 1.32 bits per heavy atom. The Kier molecular flexibility index (Phi) is 5.69. The molecule has 2 aromatic rings. The molecule has 118 valence electrons. The molecule has 0 fully saturated rings. The highest BCUT2D eigenvalue weighted by molar-refractivity contribution is 5.75. The van der Waals surface area contributed by atoms with E-state index in [0.717, 1.165) is 11.4 Å². The van der Waals surface area contributed by atoms with Gasteiger partial charge >= 0.3 is 0 Å². The van der Waals surface area contributed by atoms with Crippen LogP contribution in [-0.2, 0) is 17.8 Å². The summed E-state index contributed by atoms with van der Waals surface area (Å²) in [6.07, 6.45) is 1.81. The molecule has 0 aliphatic carbocycles. The molecular formula is C17H23N3O2. The van der Waals surface area contributed by atoms with Crippen LogP contribution in [0.15, 0.2) is 28.8 Å². The zero-order chi connectivity index (χ0) is 15.9. The van der Waals surface area contributed by atoms with Crippen molar-refractivity contribution < 1.29 is 9.32 Å². The number of carbonyl (C=O) groups excluding carboxylic acids is 1. The van der Waals surface area contributed by atoms with E-state index in [0.29, 0.717) is 31.7 Å². The Morgan fingerprint density at radius 3 is 2.77 bits per heavy atom. The zero-order valence-electron chi connectivity index (χ0n) is 13.4. The highest BCUT2D eigenvalue weighted by Crippen LogP contribution is 2.11. The summed E-state index contributed by atoms with van der Waals surface area (Å²) in [5.74, 6) is 1.64. The van der Waals surface area contributed by atoms with Gasteiger partial charge in [0.15, 0.2) is 5.82 Å². The number of aromatic nitrogens is 2. The number of carbonyl (C=O) groups is 1. The Labute approximate surface area is 131 Å². The Morgan fingerprint density at radius 2 is 2.09 bits per heavy atom. The molecule has 5 heteroatoms. The van der Waals surface area contributed by atoms with Crippen LogP contribution in [0.4, 0.5) is 0 Å². The minimum Gasteiger partial charge on any atom is -0.352 e. The van der Waals surface area contributed by atoms with E-state index in [1.165, 1.54) is 5.56 Å². The molecule has 0 saturated heterocycles. The number of amides is 1. The molecule has 0 aliphatic heterocycles. The van der Waals surface area contributed by atoms with E-state index in [1.54, 1.807) is 0 Å². The van der Waals surface area contributed by atoms with Crippen molar-refractivity contribution in [2.75, 3.05) is 0 Å². The van der Waals surface area contributed by atoms with Crippen LogP contribution in [0.5, 0.6) is 0 Å². The summed E-state index contributed by atoms with van der Waals surface area (Å²) in [6, 6.07) is 8.05. The number of benzene rings is 1. The molecule has 1 amide bonds. The smallest absolute Gasteiger partial charge is 0.226 e. The van der Waals surface area contributed by atoms with Crippen molar-refractivity contribution in [2.45, 2.75) is 52.5 Å². The van der Waals surface area contributed by atoms with Crippen molar-refractivity contribution in [1.29, 1.82) is 0 Å². The summed E-state index contributed by atoms with van der Waals surface area (Å²) < 4.78 is 5.16. The van der Waals surface area contributed by atoms with Gasteiger partial charge in [-0.15, -0.1) is 0 Å². The Balaban J connectivity index is 1.70. The zero-order valence-corrected chi connectivity index (χ0v) is 13.4. The minimum absolute atomic E-state index is 0.0480. The number of nitrogens with one attached hydrogen (secondary N) is 1. The summed E-state index contributed by atoms with van der Waals surface area (Å²) in [4.78, 5) is 16.2. The molecule has 0 spiro atoms. The van der Waals surface area contributed by atoms with Crippen molar-refractivity contribution in [2.24, 2.45) is 0 Å². The first-order chi connectivity index (χ1) is 10.6. The van der Waals surface area contributed by atoms with Gasteiger partial charge in [-0.2, -0.15) is 4.98 Å². The summed E-state index contributed by atoms with van der Waals surface area (Å²) in [6.45, 7) is 6.66. The lowest BCUT2D eigenvalue weighted by molar-refractivity contribution is -0.121. The largest absolute Gasteiger partial charge is 0.352 e. The van der Waals surface area contributed by atoms with Crippen LogP contribution in [-0.4, -0.2) is 16.0 Å². The third-order valence-electron chi connectivity index (χ3n) is 3.53. The van der Waals surface area contributed by atoms with E-state index < -0.39 is 0 Å². The van der Waals surface area contributed by atoms with Gasteiger partial charge in [0.1, 0.15) is 0 Å². The lowest BCUT2D eigenvalue weighted by Crippen LogP contribution is -2.22. The third-order valence-corrected chi connectivity index (χ3v) is 3.53. The highest BCUT2D eigenvalue weighted by Gasteiger charge is 2.10. The molecule has 1 aromatic carbocycles. The molecule has 0 atom stereocenters. The second kappa shape index (κ2) is 7.73. The minimum atomic E-state index is 0.0480. The van der Waals surface area contributed by atoms with E-state index in [1.807, 2.05) is 45.0 Å². The quantitative estimate of drug-likeness (QED) is 0.853. The normalized spacial score (nSPS) is 10.9. The van der Waals surface area contributed by atoms with Gasteiger partial charge in [-0.1, -0.05) is 43.3 Å². The van der Waals surface area contributed by atoms with Gasteiger partial charge in [0.25, 0.3) is 0 Å². The lowest BCUT2D eigenvalue weighted by Gasteiger charge is -2.07. The van der Waals surface area contributed by atoms with Crippen LogP contribution in [0, 0.1) is 6.92 Å². The Hall–Kier alpha value is -2.17. The van der Waals surface area contributed by atoms with Crippen LogP contribution in [0.2, 0.25) is 0 Å². The number of nitrogens with zero attached hydrogens (tertiary/aromatic N) is 2. The van der Waals surface area contributed by atoms with E-state index in [9.17, 15) is 4.79 Å². The summed E-state index contributed by atoms with van der Waals surface area (Å²) in [5.41, 5.74) is 2.34. The molecule has 0 saturated carbocycles. The van der Waals surface area contributed by atoms with Gasteiger partial charge in [0, 0.05) is 25.3 Å². The molecule has 5 nitrogen and oxygen atoms in total. The molecule has 0 aliphatic rings. The summed E-state index contributed by atoms with van der Waals surface area (Å²) >= 11 is 0. The van der Waals surface area contributed by atoms with Crippen LogP contribution in [0.3, 0.4) is 0 Å². The second-order valence-corrected chi connectivity index (χ2v) is 5.76. The van der Waals surface area contributed by atoms with E-state index in [4.69, 9.17) is 4.52 Å². The van der Waals surface area contributed by atoms with Gasteiger partial charge < -0.3 is 9.84 Å². The van der Waals surface area contributed by atoms with Gasteiger partial charge in [0.05, 0.1) is 0 Å². The number of aryl methyl sites for hydroxylation is 2. The van der Waals surface area contributed by atoms with Gasteiger partial charge in [-0.25, -0.2) is 0 Å². The summed E-state index contributed by atoms with van der Waals surface area (Å²) in [5, 5.41) is 6.86. The number of hydrogen-bond acceptors (Lipinski definition) is 4. The highest BCUT2D eigenvalue weighted by atomic mass is 16.5. The second-order valence-electron chi connectivity index (χ2n) is 5.76. The molecule has 0 unspecified atom stereocenters. The molecule has 1 N–H and O–H groups in total. The molecular weight excluding hydrogens is 278 g/mol. The maximum Gasteiger partial charge on any atom is 0.226 e. The standard InChI is InChI=1S/C17H23N3O2/c1-12(2)17-19-16(22-20-17)10-6-9-15(21)18-11-14-8-5-4-7-13(14)3/h4-5,7-8,12H,6,9-11H2,1-3H3,(H,18,21). The van der Waals surface area contributed by atoms with E-state index in [-0.39, 0.29) is 11.8 Å². The first-order valence-electron chi connectivity index (χ1n) is 7.70. The first kappa shape index (κ1) is 16.2. The molecule has 2 rings (SSSR count). The maximum absolute atomic E-state index is 11.9. The van der Waals surface area contributed by atoms with Gasteiger partial charge in [-0.3, -0.25) is 4.79 Å². The van der Waals surface area contributed by atoms with Crippen molar-refractivity contribution >= 4 is 5.91 Å². The molecule has 1 heterocycles. The summed E-state index contributed by atoms with van der Waals surface area (Å²) in [7, 11) is 0. The molecule has 0 radical (unpaired) electrons. The average Bonchev–Trinajstić information content (AvgIpc) is 2.95. The van der Waals surface area contributed by atoms with Crippen LogP contribution in [0.1, 0.15) is 55.4 Å². The van der Waals surface area contributed by atoms with E-state index in [2.05, 4.69) is 15.5 Å². The predicted octanol–water partition coefficient (Wildman–Crippen LogP) is 3.14. The van der Waals surface area contributed by atoms with Crippen LogP contribution >= 0.6 is 0 Å². The molecule has 22 heavy (non-hydrogen) atoms. The van der Waals surface area contributed by atoms with Gasteiger partial charge in [0.2, 0.25) is 11.8 Å². The predicted molar refractivity (Wildman–Crippen MR) is 84.4 cm³/mol. The Bertz CT molecular complexity index is 620. The van der Waals surface area contributed by atoms with Crippen molar-refractivity contribution in [3.8, 4) is 0 Å². The van der Waals surface area contributed by atoms with E-state index >= 15 is 0 Å². The fourth-order valence-electron chi connectivity index (χ4n) is 2.09. The maximum atomic E-state index is 11.9. The fraction of sp³-hybridized carbons (Fsp3) is 0.471. The number of rotatable bonds is 7. The van der Waals surface area contributed by atoms with Crippen LogP contribution in [0.25, 0.3) is 0 Å². The van der Waals surface area contributed by atoms with Crippen molar-refractivity contribution in [3.63, 3.8) is 0 Å². The fourth-order valence-corrected chi connectivity index (χ4v) is 2.09. The van der Waals surface area contributed by atoms with Crippen molar-refractivity contribution in [3.05, 3.63) is 47.1 Å². The topological polar surface area (TPSA) is 68.0 Å². The first-order valence-corrected chi connectivity index (χ1v) is 7.70. The van der Waals surface area contributed by atoms with Crippen LogP contribution < -0.4 is 5.32 Å². The average molecular weight is 301 g/mol. The monoisotopic (exact) mass is 301 g/mol. The third kappa shape index (κ3) is 4.69. The van der Waals surface area contributed by atoms with Gasteiger partial charge in [-0.05, 0) is 24.5 Å². The molecule has 1 aromatic heterocycles. The lowest BCUT2D eigenvalue weighted by atomic mass is 10.1. The van der Waals surface area contributed by atoms with Crippen molar-refractivity contribution in [1.82, 2.24) is 15.5 Å². The number of hydrogen-bond donors (Lipinski definition) is 1. The SMILES string of the molecule is Cc1ccccc1CNC(=O)CCCc1nc(C(C)C)no1. The molecule has 0 bridgehead atoms.